The minimum atomic E-state index is -0.438. The number of ether oxygens (including phenoxy) is 1. The normalized spacial score (nSPS) is 18.3. The topological polar surface area (TPSA) is 38.3 Å². The molecule has 1 aromatic carbocycles. The number of rotatable bonds is 3. The number of hydrogen-bond donors (Lipinski definition) is 1. The van der Waals surface area contributed by atoms with Crippen molar-refractivity contribution in [1.29, 1.82) is 0 Å². The Morgan fingerprint density at radius 3 is 2.29 bits per heavy atom. The van der Waals surface area contributed by atoms with Gasteiger partial charge in [0, 0.05) is 0 Å². The van der Waals surface area contributed by atoms with E-state index in [1.54, 1.807) is 0 Å². The molecule has 0 spiro atoms. The number of hydrogen-bond acceptors (Lipinski definition) is 3. The molecule has 0 aromatic heterocycles. The highest BCUT2D eigenvalue weighted by atomic mass is 16.6. The van der Waals surface area contributed by atoms with Gasteiger partial charge in [0.05, 0.1) is 5.92 Å². The average Bonchev–Trinajstić information content (AvgIpc) is 2.40. The lowest BCUT2D eigenvalue weighted by molar-refractivity contribution is -0.158. The molecule has 0 saturated carbocycles. The summed E-state index contributed by atoms with van der Waals surface area (Å²) in [6, 6.07) is 8.31. The molecule has 0 radical (unpaired) electrons. The summed E-state index contributed by atoms with van der Waals surface area (Å²) < 4.78 is 5.68. The number of esters is 1. The van der Waals surface area contributed by atoms with E-state index in [4.69, 9.17) is 4.74 Å². The summed E-state index contributed by atoms with van der Waals surface area (Å²) in [5, 5.41) is 3.37. The third-order valence-electron chi connectivity index (χ3n) is 3.95. The minimum absolute atomic E-state index is 0.0850. The molecule has 1 aliphatic rings. The van der Waals surface area contributed by atoms with Crippen LogP contribution in [0, 0.1) is 12.8 Å². The molecule has 3 nitrogen and oxygen atoms in total. The van der Waals surface area contributed by atoms with Gasteiger partial charge in [0.1, 0.15) is 5.60 Å². The first kappa shape index (κ1) is 16.0. The molecule has 1 unspecified atom stereocenters. The van der Waals surface area contributed by atoms with Crippen LogP contribution < -0.4 is 5.32 Å². The van der Waals surface area contributed by atoms with E-state index < -0.39 is 5.60 Å². The molecule has 21 heavy (non-hydrogen) atoms. The average molecular weight is 289 g/mol. The predicted molar refractivity (Wildman–Crippen MR) is 85.4 cm³/mol. The smallest absolute Gasteiger partial charge is 0.314 e. The Bertz CT molecular complexity index is 467. The van der Waals surface area contributed by atoms with Crippen LogP contribution in [0.4, 0.5) is 0 Å². The number of nitrogens with one attached hydrogen (secondary N) is 1. The van der Waals surface area contributed by atoms with E-state index in [-0.39, 0.29) is 11.9 Å². The molecule has 2 rings (SSSR count). The zero-order valence-electron chi connectivity index (χ0n) is 13.6. The third-order valence-corrected chi connectivity index (χ3v) is 3.95. The molecule has 0 amide bonds. The van der Waals surface area contributed by atoms with Gasteiger partial charge in [-0.15, -0.1) is 0 Å². The molecule has 0 aliphatic carbocycles. The van der Waals surface area contributed by atoms with Gasteiger partial charge in [0.2, 0.25) is 0 Å². The lowest BCUT2D eigenvalue weighted by Crippen LogP contribution is -2.36. The molecule has 3 heteroatoms. The highest BCUT2D eigenvalue weighted by molar-refractivity contribution is 5.79. The summed E-state index contributed by atoms with van der Waals surface area (Å²) in [4.78, 5) is 12.7. The molecule has 1 aliphatic heterocycles. The van der Waals surface area contributed by atoms with Gasteiger partial charge in [-0.05, 0) is 65.1 Å². The number of aryl methyl sites for hydroxylation is 1. The van der Waals surface area contributed by atoms with Crippen molar-refractivity contribution < 1.29 is 9.53 Å². The standard InChI is InChI=1S/C18H27NO2/c1-13-5-7-14(8-6-13)16(15-9-11-19-12-10-15)17(20)21-18(2,3)4/h5-8,15-16,19H,9-12H2,1-4H3. The van der Waals surface area contributed by atoms with Crippen molar-refractivity contribution in [3.63, 3.8) is 0 Å². The van der Waals surface area contributed by atoms with Crippen LogP contribution in [0.3, 0.4) is 0 Å². The van der Waals surface area contributed by atoms with Gasteiger partial charge in [-0.2, -0.15) is 0 Å². The summed E-state index contributed by atoms with van der Waals surface area (Å²) in [6.07, 6.45) is 2.05. The second kappa shape index (κ2) is 6.61. The lowest BCUT2D eigenvalue weighted by atomic mass is 9.80. The fourth-order valence-electron chi connectivity index (χ4n) is 2.92. The van der Waals surface area contributed by atoms with Crippen molar-refractivity contribution in [2.45, 2.75) is 52.1 Å². The van der Waals surface area contributed by atoms with E-state index in [2.05, 4.69) is 36.5 Å². The van der Waals surface area contributed by atoms with Gasteiger partial charge in [-0.25, -0.2) is 0 Å². The van der Waals surface area contributed by atoms with Crippen LogP contribution in [0.2, 0.25) is 0 Å². The first-order chi connectivity index (χ1) is 9.87. The minimum Gasteiger partial charge on any atom is -0.459 e. The molecule has 1 heterocycles. The molecular weight excluding hydrogens is 262 g/mol. The van der Waals surface area contributed by atoms with Crippen molar-refractivity contribution in [1.82, 2.24) is 5.32 Å². The molecule has 1 atom stereocenters. The van der Waals surface area contributed by atoms with Gasteiger partial charge in [0.15, 0.2) is 0 Å². The first-order valence-electron chi connectivity index (χ1n) is 7.87. The third kappa shape index (κ3) is 4.57. The molecule has 116 valence electrons. The molecular formula is C18H27NO2. The molecule has 1 N–H and O–H groups in total. The monoisotopic (exact) mass is 289 g/mol. The van der Waals surface area contributed by atoms with Crippen molar-refractivity contribution in [3.8, 4) is 0 Å². The van der Waals surface area contributed by atoms with Crippen molar-refractivity contribution in [2.24, 2.45) is 5.92 Å². The quantitative estimate of drug-likeness (QED) is 0.867. The van der Waals surface area contributed by atoms with Gasteiger partial charge in [-0.1, -0.05) is 29.8 Å². The van der Waals surface area contributed by atoms with Crippen LogP contribution in [0.1, 0.15) is 50.7 Å². The summed E-state index contributed by atoms with van der Waals surface area (Å²) in [7, 11) is 0. The van der Waals surface area contributed by atoms with Gasteiger partial charge in [0.25, 0.3) is 0 Å². The number of carbonyl (C=O) groups excluding carboxylic acids is 1. The maximum absolute atomic E-state index is 12.7. The molecule has 1 aromatic rings. The van der Waals surface area contributed by atoms with Crippen molar-refractivity contribution in [3.05, 3.63) is 35.4 Å². The zero-order chi connectivity index (χ0) is 15.5. The SMILES string of the molecule is Cc1ccc(C(C(=O)OC(C)(C)C)C2CCNCC2)cc1. The first-order valence-corrected chi connectivity index (χ1v) is 7.87. The highest BCUT2D eigenvalue weighted by Crippen LogP contribution is 2.33. The molecule has 1 fully saturated rings. The van der Waals surface area contributed by atoms with Crippen molar-refractivity contribution >= 4 is 5.97 Å². The predicted octanol–water partition coefficient (Wildman–Crippen LogP) is 3.42. The fraction of sp³-hybridized carbons (Fsp3) is 0.611. The van der Waals surface area contributed by atoms with Crippen LogP contribution in [-0.4, -0.2) is 24.7 Å². The van der Waals surface area contributed by atoms with E-state index in [0.29, 0.717) is 5.92 Å². The van der Waals surface area contributed by atoms with Gasteiger partial charge >= 0.3 is 5.97 Å². The Morgan fingerprint density at radius 2 is 1.76 bits per heavy atom. The Labute approximate surface area is 128 Å². The van der Waals surface area contributed by atoms with Crippen LogP contribution in [0.25, 0.3) is 0 Å². The van der Waals surface area contributed by atoms with E-state index in [1.165, 1.54) is 5.56 Å². The number of piperidine rings is 1. The van der Waals surface area contributed by atoms with E-state index >= 15 is 0 Å². The zero-order valence-corrected chi connectivity index (χ0v) is 13.6. The van der Waals surface area contributed by atoms with E-state index in [1.807, 2.05) is 20.8 Å². The Balaban J connectivity index is 2.24. The lowest BCUT2D eigenvalue weighted by Gasteiger charge is -2.32. The highest BCUT2D eigenvalue weighted by Gasteiger charge is 2.34. The maximum atomic E-state index is 12.7. The summed E-state index contributed by atoms with van der Waals surface area (Å²) in [6.45, 7) is 9.82. The van der Waals surface area contributed by atoms with Crippen LogP contribution >= 0.6 is 0 Å². The second-order valence-corrected chi connectivity index (χ2v) is 7.01. The summed E-state index contributed by atoms with van der Waals surface area (Å²) in [5.74, 6) is 0.133. The van der Waals surface area contributed by atoms with Crippen molar-refractivity contribution in [2.75, 3.05) is 13.1 Å². The molecule has 1 saturated heterocycles. The Kier molecular flexibility index (Phi) is 5.04. The Hall–Kier alpha value is -1.35. The molecule has 0 bridgehead atoms. The van der Waals surface area contributed by atoms with Crippen LogP contribution in [0.15, 0.2) is 24.3 Å². The maximum Gasteiger partial charge on any atom is 0.314 e. The fourth-order valence-corrected chi connectivity index (χ4v) is 2.92. The van der Waals surface area contributed by atoms with Crippen LogP contribution in [-0.2, 0) is 9.53 Å². The van der Waals surface area contributed by atoms with Crippen LogP contribution in [0.5, 0.6) is 0 Å². The second-order valence-electron chi connectivity index (χ2n) is 7.01. The number of benzene rings is 1. The number of carbonyl (C=O) groups is 1. The van der Waals surface area contributed by atoms with Gasteiger partial charge < -0.3 is 10.1 Å². The largest absolute Gasteiger partial charge is 0.459 e. The van der Waals surface area contributed by atoms with Gasteiger partial charge in [-0.3, -0.25) is 4.79 Å². The van der Waals surface area contributed by atoms with E-state index in [9.17, 15) is 4.79 Å². The summed E-state index contributed by atoms with van der Waals surface area (Å²) >= 11 is 0. The van der Waals surface area contributed by atoms with E-state index in [0.717, 1.165) is 31.5 Å². The Morgan fingerprint density at radius 1 is 1.19 bits per heavy atom. The summed E-state index contributed by atoms with van der Waals surface area (Å²) in [5.41, 5.74) is 1.86.